The van der Waals surface area contributed by atoms with E-state index >= 15 is 0 Å². The van der Waals surface area contributed by atoms with E-state index in [4.69, 9.17) is 4.74 Å². The molecule has 136 valence electrons. The van der Waals surface area contributed by atoms with Crippen LogP contribution < -0.4 is 15.4 Å². The fourth-order valence-electron chi connectivity index (χ4n) is 3.23. The predicted molar refractivity (Wildman–Crippen MR) is 95.2 cm³/mol. The SMILES string of the molecule is C[C@H]1CNC(=O)C2C=NN3C=CC(=NC23)N[C@H](C)c2cc(F)ccc2O1. The summed E-state index contributed by atoms with van der Waals surface area (Å²) in [5.41, 5.74) is 0.695. The van der Waals surface area contributed by atoms with Crippen LogP contribution in [-0.4, -0.2) is 41.8 Å². The van der Waals surface area contributed by atoms with Crippen LogP contribution in [0, 0.1) is 11.7 Å². The zero-order valence-corrected chi connectivity index (χ0v) is 14.5. The van der Waals surface area contributed by atoms with Crippen molar-refractivity contribution in [3.05, 3.63) is 41.9 Å². The van der Waals surface area contributed by atoms with Gasteiger partial charge in [0.15, 0.2) is 6.17 Å². The Balaban J connectivity index is 1.71. The Bertz CT molecular complexity index is 822. The van der Waals surface area contributed by atoms with Gasteiger partial charge in [-0.2, -0.15) is 5.10 Å². The second-order valence-corrected chi connectivity index (χ2v) is 6.64. The van der Waals surface area contributed by atoms with Crippen LogP contribution in [0.3, 0.4) is 0 Å². The maximum atomic E-state index is 13.8. The Morgan fingerprint density at radius 2 is 2.19 bits per heavy atom. The third-order valence-electron chi connectivity index (χ3n) is 4.61. The molecule has 0 fully saturated rings. The van der Waals surface area contributed by atoms with Crippen molar-refractivity contribution in [3.8, 4) is 5.75 Å². The number of halogens is 1. The molecule has 26 heavy (non-hydrogen) atoms. The van der Waals surface area contributed by atoms with E-state index in [0.29, 0.717) is 23.7 Å². The van der Waals surface area contributed by atoms with Crippen LogP contribution in [0.1, 0.15) is 25.5 Å². The van der Waals surface area contributed by atoms with Crippen molar-refractivity contribution in [1.82, 2.24) is 15.6 Å². The van der Waals surface area contributed by atoms with Gasteiger partial charge < -0.3 is 15.4 Å². The quantitative estimate of drug-likeness (QED) is 0.738. The number of rotatable bonds is 0. The van der Waals surface area contributed by atoms with Gasteiger partial charge in [-0.15, -0.1) is 0 Å². The molecule has 4 rings (SSSR count). The van der Waals surface area contributed by atoms with Gasteiger partial charge in [0.25, 0.3) is 0 Å². The number of carbonyl (C=O) groups excluding carboxylic acids is 1. The molecule has 8 heteroatoms. The molecule has 0 saturated carbocycles. The largest absolute Gasteiger partial charge is 0.489 e. The van der Waals surface area contributed by atoms with Gasteiger partial charge in [-0.3, -0.25) is 4.79 Å². The Kier molecular flexibility index (Phi) is 4.10. The van der Waals surface area contributed by atoms with Gasteiger partial charge in [0.2, 0.25) is 5.91 Å². The first kappa shape index (κ1) is 16.6. The lowest BCUT2D eigenvalue weighted by atomic mass is 10.1. The maximum absolute atomic E-state index is 13.8. The minimum absolute atomic E-state index is 0.151. The zero-order valence-electron chi connectivity index (χ0n) is 14.5. The van der Waals surface area contributed by atoms with Crippen LogP contribution >= 0.6 is 0 Å². The number of ether oxygens (including phenoxy) is 1. The molecule has 0 radical (unpaired) electrons. The number of aliphatic imine (C=N–C) groups is 1. The van der Waals surface area contributed by atoms with Crippen LogP contribution in [0.2, 0.25) is 0 Å². The van der Waals surface area contributed by atoms with Gasteiger partial charge in [0.1, 0.15) is 29.4 Å². The summed E-state index contributed by atoms with van der Waals surface area (Å²) in [6.45, 7) is 4.11. The molecule has 7 nitrogen and oxygen atoms in total. The minimum Gasteiger partial charge on any atom is -0.489 e. The highest BCUT2D eigenvalue weighted by Gasteiger charge is 2.37. The van der Waals surface area contributed by atoms with Crippen LogP contribution in [-0.2, 0) is 4.79 Å². The summed E-state index contributed by atoms with van der Waals surface area (Å²) in [6, 6.07) is 4.21. The fourth-order valence-corrected chi connectivity index (χ4v) is 3.23. The molecule has 2 bridgehead atoms. The van der Waals surface area contributed by atoms with Crippen LogP contribution in [0.15, 0.2) is 40.6 Å². The van der Waals surface area contributed by atoms with E-state index in [1.807, 2.05) is 13.8 Å². The summed E-state index contributed by atoms with van der Waals surface area (Å²) in [7, 11) is 0. The smallest absolute Gasteiger partial charge is 0.232 e. The molecular weight excluding hydrogens is 337 g/mol. The van der Waals surface area contributed by atoms with E-state index in [2.05, 4.69) is 20.7 Å². The number of nitrogens with zero attached hydrogens (tertiary/aromatic N) is 3. The molecule has 1 amide bonds. The number of hydrazone groups is 1. The van der Waals surface area contributed by atoms with Crippen molar-refractivity contribution >= 4 is 18.0 Å². The average molecular weight is 357 g/mol. The monoisotopic (exact) mass is 357 g/mol. The van der Waals surface area contributed by atoms with E-state index in [0.717, 1.165) is 0 Å². The molecule has 3 aliphatic rings. The molecular formula is C18H20FN5O2. The molecule has 3 aliphatic heterocycles. The first-order valence-electron chi connectivity index (χ1n) is 8.60. The standard InChI is InChI=1S/C18H20FN5O2/c1-10-8-20-18(25)14-9-21-24-6-5-16(23-17(14)24)22-11(2)13-7-12(19)3-4-15(13)26-10/h3-7,9-11,14,17H,8H2,1-2H3,(H,20,25)(H,22,23)/t10-,11+,14?,17?/m0/s1. The molecule has 1 aromatic rings. The Hall–Kier alpha value is -2.90. The number of nitrogens with one attached hydrogen (secondary N) is 2. The average Bonchev–Trinajstić information content (AvgIpc) is 3.03. The highest BCUT2D eigenvalue weighted by atomic mass is 19.1. The predicted octanol–water partition coefficient (Wildman–Crippen LogP) is 1.54. The highest BCUT2D eigenvalue weighted by Crippen LogP contribution is 2.29. The van der Waals surface area contributed by atoms with E-state index in [-0.39, 0.29) is 23.9 Å². The van der Waals surface area contributed by atoms with Crippen molar-refractivity contribution in [2.24, 2.45) is 16.0 Å². The highest BCUT2D eigenvalue weighted by molar-refractivity contribution is 5.98. The molecule has 0 saturated heterocycles. The number of hydrogen-bond acceptors (Lipinski definition) is 6. The second kappa shape index (κ2) is 6.44. The summed E-state index contributed by atoms with van der Waals surface area (Å²) in [5.74, 6) is 0.241. The lowest BCUT2D eigenvalue weighted by Gasteiger charge is -2.26. The summed E-state index contributed by atoms with van der Waals surface area (Å²) >= 11 is 0. The van der Waals surface area contributed by atoms with Crippen molar-refractivity contribution in [2.45, 2.75) is 32.2 Å². The molecule has 0 spiro atoms. The van der Waals surface area contributed by atoms with Crippen LogP contribution in [0.25, 0.3) is 0 Å². The topological polar surface area (TPSA) is 78.3 Å². The lowest BCUT2D eigenvalue weighted by Crippen LogP contribution is -2.44. The van der Waals surface area contributed by atoms with Crippen molar-refractivity contribution < 1.29 is 13.9 Å². The molecule has 4 atom stereocenters. The third-order valence-corrected chi connectivity index (χ3v) is 4.61. The number of fused-ring (bicyclic) bond motifs is 1. The van der Waals surface area contributed by atoms with Gasteiger partial charge in [0, 0.05) is 18.0 Å². The van der Waals surface area contributed by atoms with E-state index < -0.39 is 12.1 Å². The first-order valence-corrected chi connectivity index (χ1v) is 8.60. The lowest BCUT2D eigenvalue weighted by molar-refractivity contribution is -0.124. The normalized spacial score (nSPS) is 30.0. The van der Waals surface area contributed by atoms with Crippen LogP contribution in [0.5, 0.6) is 5.75 Å². The second-order valence-electron chi connectivity index (χ2n) is 6.64. The fraction of sp³-hybridized carbons (Fsp3) is 0.389. The third kappa shape index (κ3) is 3.02. The van der Waals surface area contributed by atoms with Gasteiger partial charge in [-0.05, 0) is 38.1 Å². The first-order chi connectivity index (χ1) is 12.5. The van der Waals surface area contributed by atoms with Crippen LogP contribution in [0.4, 0.5) is 4.39 Å². The van der Waals surface area contributed by atoms with Gasteiger partial charge in [-0.1, -0.05) is 0 Å². The molecule has 0 aliphatic carbocycles. The Morgan fingerprint density at radius 1 is 1.35 bits per heavy atom. The van der Waals surface area contributed by atoms with E-state index in [1.165, 1.54) is 12.1 Å². The maximum Gasteiger partial charge on any atom is 0.232 e. The van der Waals surface area contributed by atoms with Gasteiger partial charge in [-0.25, -0.2) is 14.4 Å². The van der Waals surface area contributed by atoms with Crippen molar-refractivity contribution in [1.29, 1.82) is 0 Å². The number of carbonyl (C=O) groups is 1. The summed E-state index contributed by atoms with van der Waals surface area (Å²) < 4.78 is 19.7. The number of hydrogen-bond donors (Lipinski definition) is 2. The number of amides is 1. The molecule has 3 heterocycles. The molecule has 0 aromatic heterocycles. The Labute approximate surface area is 150 Å². The van der Waals surface area contributed by atoms with E-state index in [9.17, 15) is 9.18 Å². The van der Waals surface area contributed by atoms with E-state index in [1.54, 1.807) is 29.6 Å². The van der Waals surface area contributed by atoms with Crippen molar-refractivity contribution in [3.63, 3.8) is 0 Å². The summed E-state index contributed by atoms with van der Waals surface area (Å²) in [4.78, 5) is 17.1. The molecule has 2 N–H and O–H groups in total. The van der Waals surface area contributed by atoms with Gasteiger partial charge >= 0.3 is 0 Å². The zero-order chi connectivity index (χ0) is 18.3. The van der Waals surface area contributed by atoms with Gasteiger partial charge in [0.05, 0.1) is 12.6 Å². The number of benzene rings is 1. The Morgan fingerprint density at radius 3 is 3.04 bits per heavy atom. The minimum atomic E-state index is -0.472. The molecule has 1 aromatic carbocycles. The summed E-state index contributed by atoms with van der Waals surface area (Å²) in [6.07, 6.45) is 4.48. The summed E-state index contributed by atoms with van der Waals surface area (Å²) in [5, 5.41) is 12.0. The molecule has 2 unspecified atom stereocenters. The number of amidine groups is 1. The van der Waals surface area contributed by atoms with Crippen molar-refractivity contribution in [2.75, 3.05) is 6.54 Å².